The zero-order valence-corrected chi connectivity index (χ0v) is 9.83. The Morgan fingerprint density at radius 3 is 2.56 bits per heavy atom. The van der Waals surface area contributed by atoms with Gasteiger partial charge in [-0.15, -0.1) is 0 Å². The third kappa shape index (κ3) is 1.14. The maximum atomic E-state index is 12.2. The van der Waals surface area contributed by atoms with E-state index in [2.05, 4.69) is 24.4 Å². The van der Waals surface area contributed by atoms with Crippen LogP contribution < -0.4 is 11.2 Å². The molecule has 2 amide bonds. The maximum Gasteiger partial charge on any atom is 0.332 e. The van der Waals surface area contributed by atoms with Crippen molar-refractivity contribution in [2.24, 2.45) is 27.6 Å². The Bertz CT molecular complexity index is 400. The van der Waals surface area contributed by atoms with Gasteiger partial charge in [-0.05, 0) is 18.3 Å². The molecule has 0 aliphatic heterocycles. The molecule has 2 saturated carbocycles. The third-order valence-electron chi connectivity index (χ3n) is 4.58. The van der Waals surface area contributed by atoms with Gasteiger partial charge in [0.1, 0.15) is 5.71 Å². The van der Waals surface area contributed by atoms with Gasteiger partial charge in [-0.2, -0.15) is 5.10 Å². The van der Waals surface area contributed by atoms with Crippen LogP contribution in [0.5, 0.6) is 0 Å². The molecule has 0 unspecified atom stereocenters. The average molecular weight is 223 g/mol. The van der Waals surface area contributed by atoms with Crippen molar-refractivity contribution < 1.29 is 9.59 Å². The first kappa shape index (κ1) is 11.1. The number of ketones is 1. The lowest BCUT2D eigenvalue weighted by Gasteiger charge is -2.31. The van der Waals surface area contributed by atoms with E-state index in [1.807, 2.05) is 6.92 Å². The fourth-order valence-corrected chi connectivity index (χ4v) is 3.07. The molecule has 0 aromatic heterocycles. The Balaban J connectivity index is 2.37. The summed E-state index contributed by atoms with van der Waals surface area (Å²) >= 11 is 0. The number of Topliss-reactive ketones (excluding diaryl/α,β-unsaturated/α-hetero) is 1. The van der Waals surface area contributed by atoms with Crippen LogP contribution in [-0.2, 0) is 4.79 Å². The number of urea groups is 1. The summed E-state index contributed by atoms with van der Waals surface area (Å²) in [5.74, 6) is 0.194. The summed E-state index contributed by atoms with van der Waals surface area (Å²) in [4.78, 5) is 22.8. The SMILES string of the molecule is CC1(C)[C@H]2CC[C@@]1(C)C(=O)C2=NNC(N)=O. The molecule has 0 heterocycles. The summed E-state index contributed by atoms with van der Waals surface area (Å²) in [7, 11) is 0. The molecule has 0 saturated heterocycles. The van der Waals surface area contributed by atoms with E-state index in [0.29, 0.717) is 5.71 Å². The van der Waals surface area contributed by atoms with E-state index < -0.39 is 6.03 Å². The normalized spacial score (nSPS) is 38.1. The van der Waals surface area contributed by atoms with Crippen LogP contribution in [0.15, 0.2) is 5.10 Å². The van der Waals surface area contributed by atoms with E-state index in [1.54, 1.807) is 0 Å². The lowest BCUT2D eigenvalue weighted by Crippen LogP contribution is -2.34. The van der Waals surface area contributed by atoms with Crippen molar-refractivity contribution >= 4 is 17.5 Å². The van der Waals surface area contributed by atoms with Crippen LogP contribution in [0.25, 0.3) is 0 Å². The number of hydrogen-bond donors (Lipinski definition) is 2. The Labute approximate surface area is 94.5 Å². The monoisotopic (exact) mass is 223 g/mol. The molecule has 2 rings (SSSR count). The van der Waals surface area contributed by atoms with Crippen LogP contribution in [0.1, 0.15) is 33.6 Å². The summed E-state index contributed by atoms with van der Waals surface area (Å²) < 4.78 is 0. The van der Waals surface area contributed by atoms with E-state index in [4.69, 9.17) is 5.73 Å². The van der Waals surface area contributed by atoms with Crippen LogP contribution in [0, 0.1) is 16.7 Å². The molecule has 0 radical (unpaired) electrons. The van der Waals surface area contributed by atoms with Crippen molar-refractivity contribution in [3.63, 3.8) is 0 Å². The van der Waals surface area contributed by atoms with Crippen molar-refractivity contribution in [2.75, 3.05) is 0 Å². The van der Waals surface area contributed by atoms with Gasteiger partial charge in [0.25, 0.3) is 0 Å². The largest absolute Gasteiger partial charge is 0.350 e. The van der Waals surface area contributed by atoms with E-state index in [0.717, 1.165) is 12.8 Å². The second-order valence-electron chi connectivity index (χ2n) is 5.45. The van der Waals surface area contributed by atoms with Crippen molar-refractivity contribution in [2.45, 2.75) is 33.6 Å². The Morgan fingerprint density at radius 1 is 1.50 bits per heavy atom. The summed E-state index contributed by atoms with van der Waals surface area (Å²) in [5, 5.41) is 3.87. The van der Waals surface area contributed by atoms with Gasteiger partial charge in [0, 0.05) is 11.3 Å². The number of carbonyl (C=O) groups excluding carboxylic acids is 2. The van der Waals surface area contributed by atoms with Crippen LogP contribution in [-0.4, -0.2) is 17.5 Å². The summed E-state index contributed by atoms with van der Waals surface area (Å²) in [5.41, 5.74) is 7.18. The minimum absolute atomic E-state index is 0.0579. The van der Waals surface area contributed by atoms with E-state index in [1.165, 1.54) is 0 Å². The summed E-state index contributed by atoms with van der Waals surface area (Å²) in [6.45, 7) is 6.17. The molecular formula is C11H17N3O2. The number of fused-ring (bicyclic) bond motifs is 2. The molecule has 3 N–H and O–H groups in total. The fourth-order valence-electron chi connectivity index (χ4n) is 3.07. The van der Waals surface area contributed by atoms with Gasteiger partial charge in [-0.1, -0.05) is 20.8 Å². The van der Waals surface area contributed by atoms with Gasteiger partial charge in [0.2, 0.25) is 0 Å². The molecule has 88 valence electrons. The van der Waals surface area contributed by atoms with Crippen LogP contribution >= 0.6 is 0 Å². The van der Waals surface area contributed by atoms with Crippen molar-refractivity contribution in [1.29, 1.82) is 0 Å². The number of rotatable bonds is 1. The van der Waals surface area contributed by atoms with E-state index in [9.17, 15) is 9.59 Å². The third-order valence-corrected chi connectivity index (χ3v) is 4.58. The van der Waals surface area contributed by atoms with E-state index in [-0.39, 0.29) is 22.5 Å². The number of nitrogens with two attached hydrogens (primary N) is 1. The molecule has 2 atom stereocenters. The zero-order chi connectivity index (χ0) is 12.1. The molecule has 2 bridgehead atoms. The standard InChI is InChI=1S/C11H17N3O2/c1-10(2)6-4-5-11(10,3)8(15)7(6)13-14-9(12)16/h6H,4-5H2,1-3H3,(H3,12,14,16)/t6-,11-/m0/s1. The quantitative estimate of drug-likeness (QED) is 0.651. The minimum atomic E-state index is -0.731. The lowest BCUT2D eigenvalue weighted by molar-refractivity contribution is -0.123. The van der Waals surface area contributed by atoms with Gasteiger partial charge in [-0.3, -0.25) is 4.79 Å². The highest BCUT2D eigenvalue weighted by Gasteiger charge is 2.65. The number of nitrogens with one attached hydrogen (secondary N) is 1. The van der Waals surface area contributed by atoms with Crippen LogP contribution in [0.3, 0.4) is 0 Å². The highest BCUT2D eigenvalue weighted by atomic mass is 16.2. The number of hydrogen-bond acceptors (Lipinski definition) is 3. The first-order valence-corrected chi connectivity index (χ1v) is 5.48. The Morgan fingerprint density at radius 2 is 2.12 bits per heavy atom. The van der Waals surface area contributed by atoms with Gasteiger partial charge in [-0.25, -0.2) is 10.2 Å². The molecule has 0 spiro atoms. The lowest BCUT2D eigenvalue weighted by atomic mass is 9.70. The van der Waals surface area contributed by atoms with Crippen molar-refractivity contribution in [3.8, 4) is 0 Å². The van der Waals surface area contributed by atoms with Crippen LogP contribution in [0.2, 0.25) is 0 Å². The number of amides is 2. The van der Waals surface area contributed by atoms with Crippen molar-refractivity contribution in [1.82, 2.24) is 5.43 Å². The molecular weight excluding hydrogens is 206 g/mol. The highest BCUT2D eigenvalue weighted by Crippen LogP contribution is 2.62. The summed E-state index contributed by atoms with van der Waals surface area (Å²) in [6, 6.07) is -0.731. The molecule has 2 aliphatic rings. The number of hydrazone groups is 1. The first-order chi connectivity index (χ1) is 7.30. The number of nitrogens with zero attached hydrogens (tertiary/aromatic N) is 1. The highest BCUT2D eigenvalue weighted by molar-refractivity contribution is 6.45. The van der Waals surface area contributed by atoms with Gasteiger partial charge in [0.15, 0.2) is 5.78 Å². The number of carbonyl (C=O) groups is 2. The van der Waals surface area contributed by atoms with Gasteiger partial charge in [0.05, 0.1) is 0 Å². The minimum Gasteiger partial charge on any atom is -0.350 e. The molecule has 2 fully saturated rings. The second-order valence-corrected chi connectivity index (χ2v) is 5.45. The topological polar surface area (TPSA) is 84.6 Å². The Kier molecular flexibility index (Phi) is 2.12. The van der Waals surface area contributed by atoms with Gasteiger partial charge < -0.3 is 5.73 Å². The second kappa shape index (κ2) is 3.06. The zero-order valence-electron chi connectivity index (χ0n) is 9.83. The molecule has 5 nitrogen and oxygen atoms in total. The average Bonchev–Trinajstić information content (AvgIpc) is 2.47. The predicted molar refractivity (Wildman–Crippen MR) is 59.8 cm³/mol. The molecule has 0 aromatic rings. The first-order valence-electron chi connectivity index (χ1n) is 5.48. The molecule has 2 aliphatic carbocycles. The summed E-state index contributed by atoms with van der Waals surface area (Å²) in [6.07, 6.45) is 1.85. The van der Waals surface area contributed by atoms with Gasteiger partial charge >= 0.3 is 6.03 Å². The molecule has 0 aromatic carbocycles. The predicted octanol–water partition coefficient (Wildman–Crippen LogP) is 1.04. The van der Waals surface area contributed by atoms with E-state index >= 15 is 0 Å². The maximum absolute atomic E-state index is 12.2. The fraction of sp³-hybridized carbons (Fsp3) is 0.727. The molecule has 5 heteroatoms. The van der Waals surface area contributed by atoms with Crippen molar-refractivity contribution in [3.05, 3.63) is 0 Å². The smallest absolute Gasteiger partial charge is 0.332 e. The molecule has 16 heavy (non-hydrogen) atoms. The number of primary amides is 1. The Hall–Kier alpha value is -1.39. The van der Waals surface area contributed by atoms with Crippen LogP contribution in [0.4, 0.5) is 4.79 Å².